The molecule has 17 heavy (non-hydrogen) atoms. The molecule has 0 aromatic heterocycles. The molecule has 0 saturated heterocycles. The Hall–Kier alpha value is -1.27. The molecule has 1 aromatic rings. The van der Waals surface area contributed by atoms with Gasteiger partial charge in [0.15, 0.2) is 0 Å². The van der Waals surface area contributed by atoms with Crippen LogP contribution in [0.1, 0.15) is 12.8 Å². The number of hydrogen-bond acceptors (Lipinski definition) is 3. The normalized spacial score (nSPS) is 28.6. The van der Waals surface area contributed by atoms with Gasteiger partial charge in [-0.15, -0.1) is 13.2 Å². The minimum absolute atomic E-state index is 0.114. The van der Waals surface area contributed by atoms with Crippen molar-refractivity contribution in [1.29, 1.82) is 0 Å². The third-order valence-corrected chi connectivity index (χ3v) is 2.58. The molecular weight excluding hydrogens is 237 g/mol. The smallest absolute Gasteiger partial charge is 0.460 e. The van der Waals surface area contributed by atoms with Crippen LogP contribution in [0.25, 0.3) is 0 Å². The van der Waals surface area contributed by atoms with Gasteiger partial charge in [-0.05, 0) is 18.6 Å². The molecule has 1 saturated carbocycles. The molecule has 0 radical (unpaired) electrons. The Morgan fingerprint density at radius 2 is 1.88 bits per heavy atom. The second-order valence-electron chi connectivity index (χ2n) is 3.85. The molecule has 1 aliphatic rings. The van der Waals surface area contributed by atoms with Gasteiger partial charge in [-0.25, -0.2) is 0 Å². The highest BCUT2D eigenvalue weighted by atomic mass is 19.4. The second-order valence-corrected chi connectivity index (χ2v) is 3.85. The molecule has 0 aliphatic heterocycles. The molecular formula is C11H11F3O3. The van der Waals surface area contributed by atoms with Crippen molar-refractivity contribution in [2.24, 2.45) is 0 Å². The van der Waals surface area contributed by atoms with E-state index in [9.17, 15) is 18.3 Å². The monoisotopic (exact) mass is 248 g/mol. The summed E-state index contributed by atoms with van der Waals surface area (Å²) in [6, 6.07) is 8.18. The number of alkyl halides is 3. The van der Waals surface area contributed by atoms with Gasteiger partial charge >= 0.3 is 6.36 Å². The summed E-state index contributed by atoms with van der Waals surface area (Å²) in [6.45, 7) is 0. The first-order valence-corrected chi connectivity index (χ1v) is 5.10. The van der Waals surface area contributed by atoms with Crippen LogP contribution in [0.4, 0.5) is 13.2 Å². The Morgan fingerprint density at radius 1 is 1.24 bits per heavy atom. The molecule has 94 valence electrons. The van der Waals surface area contributed by atoms with Gasteiger partial charge in [-0.1, -0.05) is 18.2 Å². The summed E-state index contributed by atoms with van der Waals surface area (Å²) in [5.41, 5.74) is 0. The predicted octanol–water partition coefficient (Wildman–Crippen LogP) is 2.45. The molecule has 2 atom stereocenters. The maximum absolute atomic E-state index is 12.0. The molecule has 2 rings (SSSR count). The van der Waals surface area contributed by atoms with Crippen LogP contribution in [0.5, 0.6) is 5.75 Å². The number of benzene rings is 1. The summed E-state index contributed by atoms with van der Waals surface area (Å²) < 4.78 is 45.0. The third-order valence-electron chi connectivity index (χ3n) is 2.58. The van der Waals surface area contributed by atoms with Crippen LogP contribution in [0.3, 0.4) is 0 Å². The summed E-state index contributed by atoms with van der Waals surface area (Å²) in [5.74, 6) is -1.58. The van der Waals surface area contributed by atoms with Crippen LogP contribution < -0.4 is 4.74 Å². The number of aliphatic hydroxyl groups is 1. The van der Waals surface area contributed by atoms with E-state index in [1.165, 1.54) is 0 Å². The molecule has 0 bridgehead atoms. The highest BCUT2D eigenvalue weighted by molar-refractivity contribution is 5.22. The van der Waals surface area contributed by atoms with Crippen molar-refractivity contribution in [2.75, 3.05) is 0 Å². The second kappa shape index (κ2) is 4.19. The number of para-hydroxylation sites is 1. The maximum atomic E-state index is 12.0. The van der Waals surface area contributed by atoms with Crippen LogP contribution in [0, 0.1) is 0 Å². The molecule has 1 N–H and O–H groups in total. The third kappa shape index (κ3) is 2.89. The first-order chi connectivity index (χ1) is 7.89. The predicted molar refractivity (Wildman–Crippen MR) is 52.2 cm³/mol. The Morgan fingerprint density at radius 3 is 2.35 bits per heavy atom. The minimum Gasteiger partial charge on any atom is -0.460 e. The van der Waals surface area contributed by atoms with E-state index in [0.29, 0.717) is 5.75 Å². The Kier molecular flexibility index (Phi) is 3.01. The number of halogens is 3. The fraction of sp³-hybridized carbons (Fsp3) is 0.455. The number of ether oxygens (including phenoxy) is 2. The molecule has 6 heteroatoms. The molecule has 1 aliphatic carbocycles. The molecule has 0 amide bonds. The molecule has 0 spiro atoms. The van der Waals surface area contributed by atoms with Crippen molar-refractivity contribution in [1.82, 2.24) is 0 Å². The van der Waals surface area contributed by atoms with E-state index < -0.39 is 18.3 Å². The van der Waals surface area contributed by atoms with Gasteiger partial charge in [0.1, 0.15) is 11.9 Å². The molecule has 3 nitrogen and oxygen atoms in total. The topological polar surface area (TPSA) is 38.7 Å². The highest BCUT2D eigenvalue weighted by Gasteiger charge is 2.53. The van der Waals surface area contributed by atoms with Gasteiger partial charge < -0.3 is 9.84 Å². The average molecular weight is 248 g/mol. The van der Waals surface area contributed by atoms with Gasteiger partial charge in [-0.3, -0.25) is 4.74 Å². The molecule has 1 aromatic carbocycles. The van der Waals surface area contributed by atoms with Gasteiger partial charge in [0.05, 0.1) is 0 Å². The van der Waals surface area contributed by atoms with Gasteiger partial charge in [0.2, 0.25) is 5.79 Å². The van der Waals surface area contributed by atoms with E-state index >= 15 is 0 Å². The maximum Gasteiger partial charge on any atom is 0.523 e. The molecule has 2 unspecified atom stereocenters. The molecule has 0 heterocycles. The van der Waals surface area contributed by atoms with Crippen LogP contribution in [-0.4, -0.2) is 23.4 Å². The van der Waals surface area contributed by atoms with E-state index in [1.807, 2.05) is 0 Å². The van der Waals surface area contributed by atoms with Crippen molar-refractivity contribution in [3.8, 4) is 5.75 Å². The fourth-order valence-corrected chi connectivity index (χ4v) is 1.63. The lowest BCUT2D eigenvalue weighted by molar-refractivity contribution is -0.399. The Bertz CT molecular complexity index is 379. The summed E-state index contributed by atoms with van der Waals surface area (Å²) in [4.78, 5) is 0. The summed E-state index contributed by atoms with van der Waals surface area (Å²) in [7, 11) is 0. The van der Waals surface area contributed by atoms with Crippen LogP contribution in [-0.2, 0) is 4.74 Å². The van der Waals surface area contributed by atoms with Gasteiger partial charge in [0.25, 0.3) is 0 Å². The van der Waals surface area contributed by atoms with E-state index in [-0.39, 0.29) is 12.8 Å². The fourth-order valence-electron chi connectivity index (χ4n) is 1.63. The summed E-state index contributed by atoms with van der Waals surface area (Å²) in [5, 5.41) is 9.84. The van der Waals surface area contributed by atoms with Crippen molar-refractivity contribution < 1.29 is 27.8 Å². The largest absolute Gasteiger partial charge is 0.523 e. The van der Waals surface area contributed by atoms with Crippen LogP contribution >= 0.6 is 0 Å². The van der Waals surface area contributed by atoms with E-state index in [2.05, 4.69) is 4.74 Å². The summed E-state index contributed by atoms with van der Waals surface area (Å²) in [6.07, 6.45) is -5.91. The zero-order valence-electron chi connectivity index (χ0n) is 8.78. The number of hydrogen-bond donors (Lipinski definition) is 1. The quantitative estimate of drug-likeness (QED) is 0.835. The van der Waals surface area contributed by atoms with E-state index in [0.717, 1.165) is 0 Å². The zero-order chi connectivity index (χ0) is 12.5. The highest BCUT2D eigenvalue weighted by Crippen LogP contribution is 2.39. The lowest BCUT2D eigenvalue weighted by atomic mass is 9.87. The van der Waals surface area contributed by atoms with Crippen molar-refractivity contribution in [3.63, 3.8) is 0 Å². The molecule has 1 fully saturated rings. The lowest BCUT2D eigenvalue weighted by Gasteiger charge is -2.44. The van der Waals surface area contributed by atoms with Crippen LogP contribution in [0.2, 0.25) is 0 Å². The zero-order valence-corrected chi connectivity index (χ0v) is 8.78. The SMILES string of the molecule is OC1(Oc2ccccc2)CCC1OC(F)(F)F. The van der Waals surface area contributed by atoms with E-state index in [4.69, 9.17) is 4.74 Å². The van der Waals surface area contributed by atoms with Crippen LogP contribution in [0.15, 0.2) is 30.3 Å². The first-order valence-electron chi connectivity index (χ1n) is 5.10. The standard InChI is InChI=1S/C11H11F3O3/c12-11(13,14)17-9-6-7-10(9,15)16-8-4-2-1-3-5-8/h1-5,9,15H,6-7H2. The summed E-state index contributed by atoms with van der Waals surface area (Å²) >= 11 is 0. The number of rotatable bonds is 3. The van der Waals surface area contributed by atoms with Crippen molar-refractivity contribution in [3.05, 3.63) is 30.3 Å². The van der Waals surface area contributed by atoms with Gasteiger partial charge in [0, 0.05) is 6.42 Å². The van der Waals surface area contributed by atoms with Gasteiger partial charge in [-0.2, -0.15) is 0 Å². The van der Waals surface area contributed by atoms with Crippen molar-refractivity contribution >= 4 is 0 Å². The Balaban J connectivity index is 2.00. The minimum atomic E-state index is -4.76. The van der Waals surface area contributed by atoms with Crippen molar-refractivity contribution in [2.45, 2.75) is 31.1 Å². The van der Waals surface area contributed by atoms with E-state index in [1.54, 1.807) is 30.3 Å². The Labute approximate surface area is 95.8 Å². The lowest BCUT2D eigenvalue weighted by Crippen LogP contribution is -2.58. The average Bonchev–Trinajstić information content (AvgIpc) is 2.25. The first kappa shape index (κ1) is 12.2.